The first-order valence-electron chi connectivity index (χ1n) is 11.5. The fraction of sp³-hybridized carbons (Fsp3) is 0.692. The number of benzene rings is 1. The maximum atomic E-state index is 2.82. The second-order valence-corrected chi connectivity index (χ2v) is 11.8. The molecule has 4 saturated carbocycles. The van der Waals surface area contributed by atoms with Gasteiger partial charge in [-0.1, -0.05) is 55.8 Å². The van der Waals surface area contributed by atoms with Crippen LogP contribution in [-0.4, -0.2) is 17.0 Å². The molecule has 2 heterocycles. The lowest BCUT2D eigenvalue weighted by Crippen LogP contribution is -2.56. The minimum Gasteiger partial charge on any atom is -0.289 e. The average Bonchev–Trinajstić information content (AvgIpc) is 2.81. The van der Waals surface area contributed by atoms with Gasteiger partial charge < -0.3 is 0 Å². The van der Waals surface area contributed by atoms with Gasteiger partial charge in [-0.3, -0.25) is 4.90 Å². The van der Waals surface area contributed by atoms with E-state index in [0.29, 0.717) is 22.3 Å². The van der Waals surface area contributed by atoms with E-state index in [0.717, 1.165) is 18.5 Å². The van der Waals surface area contributed by atoms with Crippen LogP contribution >= 0.6 is 0 Å². The summed E-state index contributed by atoms with van der Waals surface area (Å²) in [7, 11) is 0. The monoisotopic (exact) mass is 361 g/mol. The molecule has 0 N–H and O–H groups in total. The van der Waals surface area contributed by atoms with Gasteiger partial charge in [0.05, 0.1) is 0 Å². The molecule has 5 fully saturated rings. The van der Waals surface area contributed by atoms with Gasteiger partial charge >= 0.3 is 0 Å². The Labute approximate surface area is 165 Å². The van der Waals surface area contributed by atoms with Gasteiger partial charge in [-0.2, -0.15) is 0 Å². The second-order valence-electron chi connectivity index (χ2n) is 11.8. The first-order valence-corrected chi connectivity index (χ1v) is 11.5. The van der Waals surface area contributed by atoms with Gasteiger partial charge in [-0.15, -0.1) is 0 Å². The van der Waals surface area contributed by atoms with Gasteiger partial charge in [0.2, 0.25) is 0 Å². The average molecular weight is 362 g/mol. The highest BCUT2D eigenvalue weighted by Gasteiger charge is 2.61. The maximum absolute atomic E-state index is 2.82. The molecule has 7 rings (SSSR count). The lowest BCUT2D eigenvalue weighted by molar-refractivity contribution is -0.131. The van der Waals surface area contributed by atoms with Crippen LogP contribution < -0.4 is 0 Å². The Morgan fingerprint density at radius 3 is 2.33 bits per heavy atom. The highest BCUT2D eigenvalue weighted by molar-refractivity contribution is 5.30. The van der Waals surface area contributed by atoms with E-state index in [1.54, 1.807) is 0 Å². The predicted molar refractivity (Wildman–Crippen MR) is 111 cm³/mol. The Kier molecular flexibility index (Phi) is 3.43. The van der Waals surface area contributed by atoms with Gasteiger partial charge in [0, 0.05) is 18.6 Å². The van der Waals surface area contributed by atoms with E-state index in [-0.39, 0.29) is 0 Å². The molecule has 0 spiro atoms. The van der Waals surface area contributed by atoms with Crippen LogP contribution in [0.25, 0.3) is 0 Å². The van der Waals surface area contributed by atoms with Crippen molar-refractivity contribution in [3.8, 4) is 0 Å². The van der Waals surface area contributed by atoms with E-state index in [1.807, 2.05) is 5.57 Å². The standard InChI is InChI=1S/C26H35N/c1-24-12-20-13-25(2,16-24)18-26(14-20,17-24)21-10-22-8-9-23(11-21)27(22)15-19-6-4-3-5-7-19/h3-7,10,20,22-23H,8-9,11-18H2,1-2H3. The summed E-state index contributed by atoms with van der Waals surface area (Å²) in [5.41, 5.74) is 5.23. The van der Waals surface area contributed by atoms with Crippen LogP contribution in [0, 0.1) is 22.2 Å². The quantitative estimate of drug-likeness (QED) is 0.567. The predicted octanol–water partition coefficient (Wildman–Crippen LogP) is 6.35. The lowest BCUT2D eigenvalue weighted by Gasteiger charge is -2.66. The van der Waals surface area contributed by atoms with E-state index in [9.17, 15) is 0 Å². The molecule has 1 saturated heterocycles. The molecule has 1 aromatic carbocycles. The topological polar surface area (TPSA) is 3.24 Å². The lowest BCUT2D eigenvalue weighted by atomic mass is 9.39. The van der Waals surface area contributed by atoms with Gasteiger partial charge in [-0.25, -0.2) is 0 Å². The Bertz CT molecular complexity index is 759. The molecule has 4 unspecified atom stereocenters. The Morgan fingerprint density at radius 2 is 1.67 bits per heavy atom. The van der Waals surface area contributed by atoms with E-state index < -0.39 is 0 Å². The first kappa shape index (κ1) is 16.8. The molecule has 6 aliphatic rings. The van der Waals surface area contributed by atoms with Gasteiger partial charge in [0.1, 0.15) is 0 Å². The minimum absolute atomic E-state index is 0.572. The van der Waals surface area contributed by atoms with Crippen LogP contribution in [0.4, 0.5) is 0 Å². The molecule has 1 nitrogen and oxygen atoms in total. The van der Waals surface area contributed by atoms with E-state index in [4.69, 9.17) is 0 Å². The van der Waals surface area contributed by atoms with Crippen molar-refractivity contribution in [2.75, 3.05) is 0 Å². The third kappa shape index (κ3) is 2.60. The first-order chi connectivity index (χ1) is 12.9. The summed E-state index contributed by atoms with van der Waals surface area (Å²) < 4.78 is 0. The van der Waals surface area contributed by atoms with Gasteiger partial charge in [0.25, 0.3) is 0 Å². The minimum atomic E-state index is 0.572. The molecule has 0 radical (unpaired) electrons. The Morgan fingerprint density at radius 1 is 0.926 bits per heavy atom. The van der Waals surface area contributed by atoms with Crippen molar-refractivity contribution in [1.82, 2.24) is 4.90 Å². The zero-order valence-corrected chi connectivity index (χ0v) is 17.2. The molecule has 2 aliphatic heterocycles. The third-order valence-electron chi connectivity index (χ3n) is 9.06. The van der Waals surface area contributed by atoms with Crippen molar-refractivity contribution in [3.05, 3.63) is 47.5 Å². The summed E-state index contributed by atoms with van der Waals surface area (Å²) in [6.07, 6.45) is 16.0. The normalized spacial score (nSPS) is 48.1. The number of fused-ring (bicyclic) bond motifs is 2. The molecule has 27 heavy (non-hydrogen) atoms. The number of rotatable bonds is 3. The van der Waals surface area contributed by atoms with Crippen LogP contribution in [0.15, 0.2) is 42.0 Å². The number of hydrogen-bond donors (Lipinski definition) is 0. The molecule has 6 bridgehead atoms. The van der Waals surface area contributed by atoms with Crippen molar-refractivity contribution < 1.29 is 0 Å². The Hall–Kier alpha value is -1.08. The third-order valence-corrected chi connectivity index (χ3v) is 9.06. The summed E-state index contributed by atoms with van der Waals surface area (Å²) >= 11 is 0. The molecule has 0 amide bonds. The smallest absolute Gasteiger partial charge is 0.0288 e. The second kappa shape index (κ2) is 5.50. The summed E-state index contributed by atoms with van der Waals surface area (Å²) in [5, 5.41) is 0. The van der Waals surface area contributed by atoms with Gasteiger partial charge in [0.15, 0.2) is 0 Å². The van der Waals surface area contributed by atoms with Crippen molar-refractivity contribution in [2.24, 2.45) is 22.2 Å². The largest absolute Gasteiger partial charge is 0.289 e. The molecular weight excluding hydrogens is 326 g/mol. The summed E-state index contributed by atoms with van der Waals surface area (Å²) in [6.45, 7) is 6.40. The highest BCUT2D eigenvalue weighted by Crippen LogP contribution is 2.72. The molecule has 4 atom stereocenters. The molecule has 0 aromatic heterocycles. The highest BCUT2D eigenvalue weighted by atomic mass is 15.2. The fourth-order valence-electron chi connectivity index (χ4n) is 9.16. The van der Waals surface area contributed by atoms with E-state index in [1.165, 1.54) is 63.4 Å². The van der Waals surface area contributed by atoms with E-state index >= 15 is 0 Å². The van der Waals surface area contributed by atoms with Crippen LogP contribution in [0.3, 0.4) is 0 Å². The fourth-order valence-corrected chi connectivity index (χ4v) is 9.16. The van der Waals surface area contributed by atoms with Crippen molar-refractivity contribution >= 4 is 0 Å². The van der Waals surface area contributed by atoms with Crippen LogP contribution in [0.5, 0.6) is 0 Å². The number of hydrogen-bond acceptors (Lipinski definition) is 1. The van der Waals surface area contributed by atoms with Crippen molar-refractivity contribution in [2.45, 2.75) is 90.3 Å². The van der Waals surface area contributed by atoms with Crippen molar-refractivity contribution in [3.63, 3.8) is 0 Å². The van der Waals surface area contributed by atoms with Gasteiger partial charge in [-0.05, 0) is 85.5 Å². The molecule has 1 aromatic rings. The van der Waals surface area contributed by atoms with Crippen LogP contribution in [-0.2, 0) is 6.54 Å². The Balaban J connectivity index is 1.30. The summed E-state index contributed by atoms with van der Waals surface area (Å²) in [4.78, 5) is 2.82. The molecule has 144 valence electrons. The summed E-state index contributed by atoms with van der Waals surface area (Å²) in [6, 6.07) is 12.6. The van der Waals surface area contributed by atoms with Crippen LogP contribution in [0.1, 0.15) is 77.2 Å². The SMILES string of the molecule is CC12CC3CC(C)(C1)CC(C1=CC4CCC(C1)N4Cc1ccccc1)(C3)C2. The number of nitrogens with zero attached hydrogens (tertiary/aromatic N) is 1. The van der Waals surface area contributed by atoms with E-state index in [2.05, 4.69) is 55.2 Å². The van der Waals surface area contributed by atoms with Crippen LogP contribution in [0.2, 0.25) is 0 Å². The molecular formula is C26H35N. The maximum Gasteiger partial charge on any atom is 0.0288 e. The van der Waals surface area contributed by atoms with Crippen molar-refractivity contribution in [1.29, 1.82) is 0 Å². The molecule has 4 aliphatic carbocycles. The zero-order chi connectivity index (χ0) is 18.3. The zero-order valence-electron chi connectivity index (χ0n) is 17.2. The molecule has 1 heteroatoms. The summed E-state index contributed by atoms with van der Waals surface area (Å²) in [5.74, 6) is 1.01.